The number of carbonyl (C=O) groups is 1. The van der Waals surface area contributed by atoms with Crippen molar-refractivity contribution >= 4 is 17.2 Å². The molecule has 0 spiro atoms. The van der Waals surface area contributed by atoms with Gasteiger partial charge < -0.3 is 9.47 Å². The van der Waals surface area contributed by atoms with Crippen LogP contribution >= 0.6 is 11.3 Å². The number of nitrogens with zero attached hydrogens (tertiary/aromatic N) is 5. The molecule has 1 aliphatic heterocycles. The largest absolute Gasteiger partial charge is 0.333 e. The summed E-state index contributed by atoms with van der Waals surface area (Å²) in [6.45, 7) is 10.5. The van der Waals surface area contributed by atoms with Gasteiger partial charge >= 0.3 is 0 Å². The van der Waals surface area contributed by atoms with Gasteiger partial charge in [0.15, 0.2) is 5.82 Å². The van der Waals surface area contributed by atoms with Gasteiger partial charge in [-0.25, -0.2) is 4.98 Å². The molecule has 23 heavy (non-hydrogen) atoms. The number of rotatable bonds is 3. The van der Waals surface area contributed by atoms with E-state index in [4.69, 9.17) is 0 Å². The molecule has 6 nitrogen and oxygen atoms in total. The molecular weight excluding hydrogens is 310 g/mol. The van der Waals surface area contributed by atoms with Gasteiger partial charge in [-0.15, -0.1) is 21.5 Å². The molecule has 2 aromatic rings. The predicted octanol–water partition coefficient (Wildman–Crippen LogP) is 2.18. The second-order valence-corrected chi connectivity index (χ2v) is 7.78. The standard InChI is InChI=1S/C16H23N5OS/c1-5-12-18-19-13-9-20(6-7-21(12)13)14(22)8-11-10-23-15(17-11)16(2,3)4/h10H,5-9H2,1-4H3. The molecule has 0 saturated heterocycles. The first-order valence-corrected chi connectivity index (χ1v) is 8.90. The maximum atomic E-state index is 12.5. The van der Waals surface area contributed by atoms with Gasteiger partial charge in [0.25, 0.3) is 0 Å². The normalized spacial score (nSPS) is 14.9. The summed E-state index contributed by atoms with van der Waals surface area (Å²) in [5.74, 6) is 2.00. The van der Waals surface area contributed by atoms with Crippen molar-refractivity contribution in [3.8, 4) is 0 Å². The van der Waals surface area contributed by atoms with Gasteiger partial charge in [0.05, 0.1) is 23.7 Å². The minimum absolute atomic E-state index is 0.0318. The molecule has 1 aliphatic rings. The maximum Gasteiger partial charge on any atom is 0.229 e. The lowest BCUT2D eigenvalue weighted by Gasteiger charge is -2.27. The third-order valence-corrected chi connectivity index (χ3v) is 5.34. The van der Waals surface area contributed by atoms with E-state index in [1.165, 1.54) is 0 Å². The molecule has 124 valence electrons. The predicted molar refractivity (Wildman–Crippen MR) is 89.3 cm³/mol. The molecule has 0 fully saturated rings. The number of aryl methyl sites for hydroxylation is 1. The lowest BCUT2D eigenvalue weighted by atomic mass is 9.98. The number of aromatic nitrogens is 4. The summed E-state index contributed by atoms with van der Waals surface area (Å²) in [5.41, 5.74) is 0.899. The molecule has 0 aromatic carbocycles. The second-order valence-electron chi connectivity index (χ2n) is 6.92. The summed E-state index contributed by atoms with van der Waals surface area (Å²) in [4.78, 5) is 19.0. The Balaban J connectivity index is 1.66. The minimum Gasteiger partial charge on any atom is -0.333 e. The van der Waals surface area contributed by atoms with Gasteiger partial charge in [-0.1, -0.05) is 27.7 Å². The highest BCUT2D eigenvalue weighted by molar-refractivity contribution is 7.09. The quantitative estimate of drug-likeness (QED) is 0.863. The molecule has 0 radical (unpaired) electrons. The summed E-state index contributed by atoms with van der Waals surface area (Å²) in [6, 6.07) is 0. The van der Waals surface area contributed by atoms with E-state index in [0.717, 1.165) is 35.3 Å². The van der Waals surface area contributed by atoms with Gasteiger partial charge in [0.1, 0.15) is 5.82 Å². The van der Waals surface area contributed by atoms with E-state index < -0.39 is 0 Å². The fourth-order valence-electron chi connectivity index (χ4n) is 2.69. The molecule has 0 bridgehead atoms. The van der Waals surface area contributed by atoms with Gasteiger partial charge in [-0.3, -0.25) is 4.79 Å². The van der Waals surface area contributed by atoms with Crippen LogP contribution in [-0.2, 0) is 36.1 Å². The molecule has 0 atom stereocenters. The first-order chi connectivity index (χ1) is 10.9. The zero-order valence-electron chi connectivity index (χ0n) is 14.2. The topological polar surface area (TPSA) is 63.9 Å². The summed E-state index contributed by atoms with van der Waals surface area (Å²) in [7, 11) is 0. The van der Waals surface area contributed by atoms with Crippen molar-refractivity contribution in [1.82, 2.24) is 24.6 Å². The van der Waals surface area contributed by atoms with Crippen LogP contribution in [0.1, 0.15) is 50.0 Å². The van der Waals surface area contributed by atoms with Crippen molar-refractivity contribution in [2.45, 2.75) is 59.0 Å². The number of amides is 1. The zero-order chi connectivity index (χ0) is 16.6. The van der Waals surface area contributed by atoms with E-state index in [2.05, 4.69) is 47.4 Å². The van der Waals surface area contributed by atoms with E-state index in [0.29, 0.717) is 19.5 Å². The van der Waals surface area contributed by atoms with E-state index in [-0.39, 0.29) is 11.3 Å². The SMILES string of the molecule is CCc1nnc2n1CCN(C(=O)Cc1csc(C(C)(C)C)n1)C2. The highest BCUT2D eigenvalue weighted by Crippen LogP contribution is 2.26. The average molecular weight is 333 g/mol. The lowest BCUT2D eigenvalue weighted by Crippen LogP contribution is -2.39. The number of thiazole rings is 1. The molecule has 0 aliphatic carbocycles. The van der Waals surface area contributed by atoms with Gasteiger partial charge in [-0.2, -0.15) is 0 Å². The van der Waals surface area contributed by atoms with E-state index in [1.54, 1.807) is 11.3 Å². The lowest BCUT2D eigenvalue weighted by molar-refractivity contribution is -0.132. The van der Waals surface area contributed by atoms with Crippen molar-refractivity contribution in [1.29, 1.82) is 0 Å². The Morgan fingerprint density at radius 2 is 2.09 bits per heavy atom. The van der Waals surface area contributed by atoms with Crippen LogP contribution in [-0.4, -0.2) is 37.1 Å². The Morgan fingerprint density at radius 3 is 2.74 bits per heavy atom. The summed E-state index contributed by atoms with van der Waals surface area (Å²) in [6.07, 6.45) is 1.23. The first kappa shape index (κ1) is 16.1. The van der Waals surface area contributed by atoms with Crippen molar-refractivity contribution in [2.75, 3.05) is 6.54 Å². The molecule has 1 amide bonds. The van der Waals surface area contributed by atoms with Gasteiger partial charge in [0, 0.05) is 30.3 Å². The second kappa shape index (κ2) is 6.03. The molecule has 2 aromatic heterocycles. The molecule has 7 heteroatoms. The maximum absolute atomic E-state index is 12.5. The zero-order valence-corrected chi connectivity index (χ0v) is 15.0. The van der Waals surface area contributed by atoms with E-state index >= 15 is 0 Å². The number of carbonyl (C=O) groups excluding carboxylic acids is 1. The van der Waals surface area contributed by atoms with Crippen LogP contribution in [0.15, 0.2) is 5.38 Å². The van der Waals surface area contributed by atoms with Crippen LogP contribution < -0.4 is 0 Å². The highest BCUT2D eigenvalue weighted by Gasteiger charge is 2.25. The Bertz CT molecular complexity index is 712. The fraction of sp³-hybridized carbons (Fsp3) is 0.625. The monoisotopic (exact) mass is 333 g/mol. The van der Waals surface area contributed by atoms with Crippen molar-refractivity contribution < 1.29 is 4.79 Å². The van der Waals surface area contributed by atoms with Crippen LogP contribution in [0.5, 0.6) is 0 Å². The van der Waals surface area contributed by atoms with Crippen molar-refractivity contribution in [2.24, 2.45) is 0 Å². The fourth-order valence-corrected chi connectivity index (χ4v) is 3.60. The van der Waals surface area contributed by atoms with Crippen LogP contribution in [0.4, 0.5) is 0 Å². The molecule has 0 unspecified atom stereocenters. The van der Waals surface area contributed by atoms with Crippen molar-refractivity contribution in [3.05, 3.63) is 27.7 Å². The summed E-state index contributed by atoms with van der Waals surface area (Å²) < 4.78 is 2.13. The summed E-state index contributed by atoms with van der Waals surface area (Å²) in [5, 5.41) is 11.5. The van der Waals surface area contributed by atoms with E-state index in [1.807, 2.05) is 10.3 Å². The van der Waals surface area contributed by atoms with Gasteiger partial charge in [-0.05, 0) is 0 Å². The van der Waals surface area contributed by atoms with E-state index in [9.17, 15) is 4.79 Å². The minimum atomic E-state index is 0.0318. The molecular formula is C16H23N5OS. The van der Waals surface area contributed by atoms with Crippen LogP contribution in [0, 0.1) is 0 Å². The highest BCUT2D eigenvalue weighted by atomic mass is 32.1. The number of fused-ring (bicyclic) bond motifs is 1. The Morgan fingerprint density at radius 1 is 1.30 bits per heavy atom. The molecule has 3 rings (SSSR count). The third kappa shape index (κ3) is 3.29. The van der Waals surface area contributed by atoms with Crippen LogP contribution in [0.2, 0.25) is 0 Å². The average Bonchev–Trinajstić information content (AvgIpc) is 3.12. The summed E-state index contributed by atoms with van der Waals surface area (Å²) >= 11 is 1.63. The number of hydrogen-bond donors (Lipinski definition) is 0. The van der Waals surface area contributed by atoms with Crippen molar-refractivity contribution in [3.63, 3.8) is 0 Å². The molecule has 0 saturated carbocycles. The van der Waals surface area contributed by atoms with Gasteiger partial charge in [0.2, 0.25) is 5.91 Å². The number of hydrogen-bond acceptors (Lipinski definition) is 5. The van der Waals surface area contributed by atoms with Crippen LogP contribution in [0.3, 0.4) is 0 Å². The van der Waals surface area contributed by atoms with Crippen LogP contribution in [0.25, 0.3) is 0 Å². The molecule has 0 N–H and O–H groups in total. The third-order valence-electron chi connectivity index (χ3n) is 4.02. The first-order valence-electron chi connectivity index (χ1n) is 8.02. The Kier molecular flexibility index (Phi) is 4.23. The Hall–Kier alpha value is -1.76. The smallest absolute Gasteiger partial charge is 0.229 e. The Labute approximate surface area is 140 Å². The molecule has 3 heterocycles.